The molecule has 0 radical (unpaired) electrons. The van der Waals surface area contributed by atoms with E-state index >= 15 is 0 Å². The average molecular weight is 503 g/mol. The number of carbonyl (C=O) groups is 1. The number of methoxy groups -OCH3 is 1. The van der Waals surface area contributed by atoms with Crippen LogP contribution in [0.3, 0.4) is 0 Å². The van der Waals surface area contributed by atoms with Crippen molar-refractivity contribution in [2.45, 2.75) is 45.6 Å². The number of aliphatic imine (C=N–C) groups is 1. The first-order chi connectivity index (χ1) is 16.6. The first-order valence-electron chi connectivity index (χ1n) is 11.3. The summed E-state index contributed by atoms with van der Waals surface area (Å²) in [5, 5.41) is 14.5. The number of anilines is 2. The van der Waals surface area contributed by atoms with Crippen molar-refractivity contribution in [3.05, 3.63) is 34.5 Å². The molecule has 3 fully saturated rings. The number of rotatable bonds is 11. The molecule has 0 aliphatic heterocycles. The molecule has 2 heterocycles. The summed E-state index contributed by atoms with van der Waals surface area (Å²) in [5.41, 5.74) is 5.35. The van der Waals surface area contributed by atoms with Gasteiger partial charge in [-0.05, 0) is 44.4 Å². The highest BCUT2D eigenvalue weighted by Gasteiger charge is 2.57. The van der Waals surface area contributed by atoms with Gasteiger partial charge in [0.05, 0.1) is 18.9 Å². The van der Waals surface area contributed by atoms with Gasteiger partial charge in [-0.2, -0.15) is 0 Å². The number of carbonyl (C=O) groups excluding carboxylic acids is 1. The van der Waals surface area contributed by atoms with Crippen molar-refractivity contribution in [1.29, 1.82) is 0 Å². The van der Waals surface area contributed by atoms with Gasteiger partial charge >= 0.3 is 5.63 Å². The fourth-order valence-electron chi connectivity index (χ4n) is 4.24. The van der Waals surface area contributed by atoms with Crippen LogP contribution in [-0.4, -0.2) is 47.7 Å². The van der Waals surface area contributed by atoms with Gasteiger partial charge in [0.1, 0.15) is 0 Å². The molecule has 0 aromatic carbocycles. The van der Waals surface area contributed by atoms with Crippen LogP contribution in [0.25, 0.3) is 0 Å². The molecule has 0 saturated heterocycles. The van der Waals surface area contributed by atoms with E-state index in [1.54, 1.807) is 20.1 Å². The highest BCUT2D eigenvalue weighted by Crippen LogP contribution is 2.59. The summed E-state index contributed by atoms with van der Waals surface area (Å²) in [5.74, 6) is 0.00872. The molecule has 2 aromatic heterocycles. The fraction of sp³-hybridized carbons (Fsp3) is 0.522. The first kappa shape index (κ1) is 24.9. The van der Waals surface area contributed by atoms with Crippen LogP contribution in [-0.2, 0) is 4.74 Å². The van der Waals surface area contributed by atoms with Gasteiger partial charge in [0, 0.05) is 29.8 Å². The van der Waals surface area contributed by atoms with Gasteiger partial charge in [-0.25, -0.2) is 9.79 Å². The zero-order valence-electron chi connectivity index (χ0n) is 20.2. The number of nitrogens with one attached hydrogen (secondary N) is 2. The third-order valence-corrected chi connectivity index (χ3v) is 6.69. The highest BCUT2D eigenvalue weighted by molar-refractivity contribution is 7.18. The molecule has 0 spiro atoms. The van der Waals surface area contributed by atoms with E-state index < -0.39 is 11.5 Å². The monoisotopic (exact) mass is 502 g/mol. The van der Waals surface area contributed by atoms with Gasteiger partial charge in [0.2, 0.25) is 16.0 Å². The molecular formula is C23H30N6O5S. The van der Waals surface area contributed by atoms with Crippen molar-refractivity contribution in [1.82, 2.24) is 10.2 Å². The highest BCUT2D eigenvalue weighted by atomic mass is 32.1. The number of hydrogen-bond acceptors (Lipinski definition) is 11. The molecule has 3 aliphatic carbocycles. The molecule has 0 atom stereocenters. The second-order valence-corrected chi connectivity index (χ2v) is 10.8. The van der Waals surface area contributed by atoms with Crippen LogP contribution in [0.2, 0.25) is 0 Å². The Morgan fingerprint density at radius 1 is 1.37 bits per heavy atom. The number of hydrogen-bond donors (Lipinski definition) is 3. The normalized spacial score (nSPS) is 21.4. The maximum absolute atomic E-state index is 12.9. The van der Waals surface area contributed by atoms with Crippen LogP contribution in [0, 0.1) is 11.3 Å². The van der Waals surface area contributed by atoms with Gasteiger partial charge in [-0.15, -0.1) is 10.2 Å². The van der Waals surface area contributed by atoms with Crippen molar-refractivity contribution in [3.8, 4) is 5.75 Å². The lowest BCUT2D eigenvalue weighted by molar-refractivity contribution is 0.00164. The summed E-state index contributed by atoms with van der Waals surface area (Å²) in [7, 11) is 1.62. The van der Waals surface area contributed by atoms with Crippen molar-refractivity contribution in [3.63, 3.8) is 0 Å². The van der Waals surface area contributed by atoms with E-state index in [1.165, 1.54) is 12.3 Å². The van der Waals surface area contributed by atoms with Crippen molar-refractivity contribution < 1.29 is 18.7 Å². The van der Waals surface area contributed by atoms with Crippen LogP contribution in [0.4, 0.5) is 16.0 Å². The minimum Gasteiger partial charge on any atom is -0.484 e. The Bertz CT molecular complexity index is 1200. The molecule has 188 valence electrons. The molecule has 12 heteroatoms. The Balaban J connectivity index is 1.54. The number of allylic oxidation sites excluding steroid dienone is 1. The molecule has 4 N–H and O–H groups in total. The smallest absolute Gasteiger partial charge is 0.381 e. The fourth-order valence-corrected chi connectivity index (χ4v) is 4.91. The first-order valence-corrected chi connectivity index (χ1v) is 12.1. The number of nitrogens with two attached hydrogens (primary N) is 1. The Morgan fingerprint density at radius 3 is 2.74 bits per heavy atom. The number of amides is 1. The van der Waals surface area contributed by atoms with Crippen LogP contribution in [0.5, 0.6) is 5.75 Å². The molecule has 2 aromatic rings. The summed E-state index contributed by atoms with van der Waals surface area (Å²) < 4.78 is 16.5. The maximum Gasteiger partial charge on any atom is 0.381 e. The quantitative estimate of drug-likeness (QED) is 0.393. The number of aromatic nitrogens is 2. The molecule has 11 nitrogen and oxygen atoms in total. The predicted octanol–water partition coefficient (Wildman–Crippen LogP) is 3.32. The van der Waals surface area contributed by atoms with E-state index in [-0.39, 0.29) is 34.2 Å². The van der Waals surface area contributed by atoms with E-state index in [0.717, 1.165) is 36.5 Å². The van der Waals surface area contributed by atoms with E-state index in [4.69, 9.17) is 19.6 Å². The Morgan fingerprint density at radius 2 is 2.11 bits per heavy atom. The molecular weight excluding hydrogens is 472 g/mol. The summed E-state index contributed by atoms with van der Waals surface area (Å²) in [6, 6.07) is 1.51. The molecule has 35 heavy (non-hydrogen) atoms. The third-order valence-electron chi connectivity index (χ3n) is 5.96. The Hall–Kier alpha value is -3.25. The van der Waals surface area contributed by atoms with Gasteiger partial charge in [-0.3, -0.25) is 10.1 Å². The number of ether oxygens (including phenoxy) is 2. The SMILES string of the molecule is COCC(C)(C)COc1c(NC23CC(C2)C3)cc(C(=O)Nc2nnc(/N=C(C)/C=C\N)s2)oc1=O. The largest absolute Gasteiger partial charge is 0.484 e. The van der Waals surface area contributed by atoms with Crippen LogP contribution < -0.4 is 26.7 Å². The van der Waals surface area contributed by atoms with Crippen LogP contribution in [0.15, 0.2) is 32.5 Å². The lowest BCUT2D eigenvalue weighted by Crippen LogP contribution is -2.63. The van der Waals surface area contributed by atoms with Crippen molar-refractivity contribution >= 4 is 38.9 Å². The molecule has 0 unspecified atom stereocenters. The minimum atomic E-state index is -0.730. The van der Waals surface area contributed by atoms with Gasteiger partial charge in [0.15, 0.2) is 5.76 Å². The van der Waals surface area contributed by atoms with E-state index in [9.17, 15) is 9.59 Å². The van der Waals surface area contributed by atoms with Crippen LogP contribution in [0.1, 0.15) is 50.6 Å². The second-order valence-electron chi connectivity index (χ2n) is 9.87. The Kier molecular flexibility index (Phi) is 6.95. The van der Waals surface area contributed by atoms with E-state index in [0.29, 0.717) is 23.1 Å². The van der Waals surface area contributed by atoms with Crippen molar-refractivity contribution in [2.75, 3.05) is 31.0 Å². The standard InChI is InChI=1S/C23H30N6O5S/c1-13(5-6-24)25-20-28-29-21(35-20)26-18(30)16-7-15(27-23-8-14(9-23)10-23)17(19(31)34-16)33-12-22(2,3)11-32-4/h5-7,14,27H,8-12,24H2,1-4H3,(H,26,29,30)/b6-5-,25-13+. The topological polar surface area (TPSA) is 154 Å². The lowest BCUT2D eigenvalue weighted by atomic mass is 9.50. The third kappa shape index (κ3) is 5.70. The molecule has 3 saturated carbocycles. The predicted molar refractivity (Wildman–Crippen MR) is 134 cm³/mol. The van der Waals surface area contributed by atoms with Crippen LogP contribution >= 0.6 is 11.3 Å². The molecule has 3 aliphatic rings. The summed E-state index contributed by atoms with van der Waals surface area (Å²) in [4.78, 5) is 30.0. The zero-order chi connectivity index (χ0) is 25.2. The van der Waals surface area contributed by atoms with E-state index in [2.05, 4.69) is 25.8 Å². The average Bonchev–Trinajstić information content (AvgIpc) is 3.15. The van der Waals surface area contributed by atoms with Gasteiger partial charge in [0.25, 0.3) is 5.91 Å². The second kappa shape index (κ2) is 9.78. The van der Waals surface area contributed by atoms with Gasteiger partial charge < -0.3 is 24.9 Å². The molecule has 2 bridgehead atoms. The zero-order valence-corrected chi connectivity index (χ0v) is 21.0. The minimum absolute atomic E-state index is 0.0473. The molecule has 5 rings (SSSR count). The van der Waals surface area contributed by atoms with Gasteiger partial charge in [-0.1, -0.05) is 25.2 Å². The summed E-state index contributed by atoms with van der Waals surface area (Å²) in [6.07, 6.45) is 6.10. The maximum atomic E-state index is 12.9. The Labute approximate surface area is 206 Å². The summed E-state index contributed by atoms with van der Waals surface area (Å²) in [6.45, 7) is 6.42. The van der Waals surface area contributed by atoms with E-state index in [1.807, 2.05) is 13.8 Å². The molecule has 1 amide bonds. The lowest BCUT2D eigenvalue weighted by Gasteiger charge is -2.62. The summed E-state index contributed by atoms with van der Waals surface area (Å²) >= 11 is 1.08. The number of nitrogens with zero attached hydrogens (tertiary/aromatic N) is 3. The van der Waals surface area contributed by atoms with Crippen molar-refractivity contribution in [2.24, 2.45) is 22.1 Å².